The largest absolute Gasteiger partial charge is 0.344 e. The van der Waals surface area contributed by atoms with Gasteiger partial charge in [0.15, 0.2) is 0 Å². The number of amides is 2. The predicted molar refractivity (Wildman–Crippen MR) is 71.5 cm³/mol. The van der Waals surface area contributed by atoms with Gasteiger partial charge in [0.25, 0.3) is 0 Å². The van der Waals surface area contributed by atoms with Crippen LogP contribution in [0.15, 0.2) is 12.3 Å². The number of rotatable bonds is 3. The van der Waals surface area contributed by atoms with Gasteiger partial charge in [-0.3, -0.25) is 9.59 Å². The van der Waals surface area contributed by atoms with Gasteiger partial charge in [0.05, 0.1) is 12.2 Å². The Morgan fingerprint density at radius 1 is 1.40 bits per heavy atom. The minimum Gasteiger partial charge on any atom is -0.344 e. The first kappa shape index (κ1) is 13.0. The van der Waals surface area contributed by atoms with Crippen LogP contribution < -0.4 is 5.32 Å². The summed E-state index contributed by atoms with van der Waals surface area (Å²) >= 11 is 0. The number of carbonyl (C=O) groups is 2. The molecule has 6 nitrogen and oxygen atoms in total. The second-order valence-electron chi connectivity index (χ2n) is 5.49. The molecule has 1 aromatic heterocycles. The molecule has 0 spiro atoms. The van der Waals surface area contributed by atoms with Gasteiger partial charge in [-0.05, 0) is 31.7 Å². The highest BCUT2D eigenvalue weighted by atomic mass is 16.2. The number of hydrogen-bond donors (Lipinski definition) is 1. The Hall–Kier alpha value is -1.98. The van der Waals surface area contributed by atoms with Gasteiger partial charge in [-0.15, -0.1) is 0 Å². The summed E-state index contributed by atoms with van der Waals surface area (Å²) in [5, 5.41) is 2.85. The molecular formula is C14H18N4O2. The Balaban J connectivity index is 1.76. The Morgan fingerprint density at radius 2 is 2.20 bits per heavy atom. The second-order valence-corrected chi connectivity index (χ2v) is 5.49. The minimum absolute atomic E-state index is 0.0228. The monoisotopic (exact) mass is 274 g/mol. The van der Waals surface area contributed by atoms with Gasteiger partial charge in [0.1, 0.15) is 11.9 Å². The van der Waals surface area contributed by atoms with Crippen molar-refractivity contribution in [2.75, 3.05) is 6.54 Å². The van der Waals surface area contributed by atoms with Crippen molar-refractivity contribution in [3.63, 3.8) is 0 Å². The van der Waals surface area contributed by atoms with E-state index in [1.807, 2.05) is 13.0 Å². The highest BCUT2D eigenvalue weighted by molar-refractivity contribution is 5.90. The summed E-state index contributed by atoms with van der Waals surface area (Å²) in [5.74, 6) is 1.00. The van der Waals surface area contributed by atoms with E-state index >= 15 is 0 Å². The molecule has 0 bridgehead atoms. The van der Waals surface area contributed by atoms with Crippen LogP contribution in [0.3, 0.4) is 0 Å². The van der Waals surface area contributed by atoms with E-state index < -0.39 is 0 Å². The molecule has 1 aliphatic carbocycles. The lowest BCUT2D eigenvalue weighted by molar-refractivity contribution is -0.134. The molecule has 0 radical (unpaired) electrons. The molecule has 20 heavy (non-hydrogen) atoms. The molecule has 2 aliphatic rings. The third kappa shape index (κ3) is 2.79. The van der Waals surface area contributed by atoms with Gasteiger partial charge >= 0.3 is 0 Å². The summed E-state index contributed by atoms with van der Waals surface area (Å²) < 4.78 is 0. The maximum absolute atomic E-state index is 12.5. The number of nitrogens with zero attached hydrogens (tertiary/aromatic N) is 3. The number of nitrogens with one attached hydrogen (secondary N) is 1. The van der Waals surface area contributed by atoms with Gasteiger partial charge in [0, 0.05) is 19.2 Å². The van der Waals surface area contributed by atoms with E-state index in [9.17, 15) is 9.59 Å². The zero-order chi connectivity index (χ0) is 14.1. The molecule has 1 saturated carbocycles. The Labute approximate surface area is 117 Å². The third-order valence-electron chi connectivity index (χ3n) is 3.78. The highest BCUT2D eigenvalue weighted by Crippen LogP contribution is 2.34. The first-order valence-corrected chi connectivity index (χ1v) is 7.00. The molecule has 1 aliphatic heterocycles. The number of hydrogen-bond acceptors (Lipinski definition) is 4. The van der Waals surface area contributed by atoms with Crippen LogP contribution in [0.1, 0.15) is 30.8 Å². The lowest BCUT2D eigenvalue weighted by Gasteiger charge is -2.23. The van der Waals surface area contributed by atoms with Crippen LogP contribution in [0.2, 0.25) is 0 Å². The molecule has 2 fully saturated rings. The molecule has 1 atom stereocenters. The van der Waals surface area contributed by atoms with Crippen LogP contribution in [0, 0.1) is 12.8 Å². The third-order valence-corrected chi connectivity index (χ3v) is 3.78. The molecule has 2 amide bonds. The molecular weight excluding hydrogens is 256 g/mol. The SMILES string of the molecule is Cc1nccc(CN2CCC(=O)NC(C3CC3)C2=O)n1. The lowest BCUT2D eigenvalue weighted by Crippen LogP contribution is -2.45. The number of aryl methyl sites for hydroxylation is 1. The average molecular weight is 274 g/mol. The molecule has 1 aromatic rings. The van der Waals surface area contributed by atoms with Crippen molar-refractivity contribution in [2.45, 2.75) is 38.8 Å². The lowest BCUT2D eigenvalue weighted by atomic mass is 10.1. The standard InChI is InChI=1S/C14H18N4O2/c1-9-15-6-4-11(16-9)8-18-7-5-12(19)17-13(14(18)20)10-2-3-10/h4,6,10,13H,2-3,5,7-8H2,1H3,(H,17,19). The summed E-state index contributed by atoms with van der Waals surface area (Å²) in [7, 11) is 0. The number of carbonyl (C=O) groups excluding carboxylic acids is 2. The van der Waals surface area contributed by atoms with Crippen molar-refractivity contribution in [2.24, 2.45) is 5.92 Å². The normalized spacial score (nSPS) is 23.4. The predicted octanol–water partition coefficient (Wildman–Crippen LogP) is 0.412. The van der Waals surface area contributed by atoms with Crippen LogP contribution in [-0.2, 0) is 16.1 Å². The van der Waals surface area contributed by atoms with Crippen molar-refractivity contribution in [3.05, 3.63) is 23.8 Å². The average Bonchev–Trinajstić information content (AvgIpc) is 3.24. The fraction of sp³-hybridized carbons (Fsp3) is 0.571. The van der Waals surface area contributed by atoms with Crippen LogP contribution in [0.25, 0.3) is 0 Å². The van der Waals surface area contributed by atoms with Crippen LogP contribution in [-0.4, -0.2) is 39.3 Å². The minimum atomic E-state index is -0.340. The Bertz CT molecular complexity index is 542. The van der Waals surface area contributed by atoms with Crippen molar-refractivity contribution < 1.29 is 9.59 Å². The first-order valence-electron chi connectivity index (χ1n) is 7.00. The van der Waals surface area contributed by atoms with Gasteiger partial charge in [-0.25, -0.2) is 9.97 Å². The Morgan fingerprint density at radius 3 is 2.90 bits per heavy atom. The summed E-state index contributed by atoms with van der Waals surface area (Å²) in [6.07, 6.45) is 4.11. The molecule has 1 saturated heterocycles. The molecule has 0 aromatic carbocycles. The molecule has 3 rings (SSSR count). The molecule has 6 heteroatoms. The maximum atomic E-state index is 12.5. The van der Waals surface area contributed by atoms with Gasteiger partial charge in [-0.1, -0.05) is 0 Å². The fourth-order valence-corrected chi connectivity index (χ4v) is 2.55. The summed E-state index contributed by atoms with van der Waals surface area (Å²) in [6, 6.07) is 1.47. The summed E-state index contributed by atoms with van der Waals surface area (Å²) in [5.41, 5.74) is 0.815. The van der Waals surface area contributed by atoms with Gasteiger partial charge < -0.3 is 10.2 Å². The Kier molecular flexibility index (Phi) is 3.38. The van der Waals surface area contributed by atoms with E-state index in [4.69, 9.17) is 0 Å². The second kappa shape index (κ2) is 5.19. The summed E-state index contributed by atoms with van der Waals surface area (Å²) in [4.78, 5) is 34.4. The number of aromatic nitrogens is 2. The zero-order valence-electron chi connectivity index (χ0n) is 11.5. The van der Waals surface area contributed by atoms with E-state index in [2.05, 4.69) is 15.3 Å². The molecule has 1 N–H and O–H groups in total. The van der Waals surface area contributed by atoms with E-state index in [0.29, 0.717) is 31.3 Å². The topological polar surface area (TPSA) is 75.2 Å². The van der Waals surface area contributed by atoms with Crippen molar-refractivity contribution >= 4 is 11.8 Å². The van der Waals surface area contributed by atoms with Gasteiger partial charge in [-0.2, -0.15) is 0 Å². The fourth-order valence-electron chi connectivity index (χ4n) is 2.55. The van der Waals surface area contributed by atoms with Crippen LogP contribution >= 0.6 is 0 Å². The van der Waals surface area contributed by atoms with E-state index in [1.165, 1.54) is 0 Å². The van der Waals surface area contributed by atoms with Crippen molar-refractivity contribution in [1.29, 1.82) is 0 Å². The first-order chi connectivity index (χ1) is 9.63. The maximum Gasteiger partial charge on any atom is 0.245 e. The zero-order valence-corrected chi connectivity index (χ0v) is 11.5. The molecule has 106 valence electrons. The quantitative estimate of drug-likeness (QED) is 0.866. The molecule has 1 unspecified atom stereocenters. The van der Waals surface area contributed by atoms with Crippen LogP contribution in [0.4, 0.5) is 0 Å². The highest BCUT2D eigenvalue weighted by Gasteiger charge is 2.40. The van der Waals surface area contributed by atoms with E-state index in [0.717, 1.165) is 18.5 Å². The van der Waals surface area contributed by atoms with E-state index in [1.54, 1.807) is 11.1 Å². The summed E-state index contributed by atoms with van der Waals surface area (Å²) in [6.45, 7) is 2.73. The smallest absolute Gasteiger partial charge is 0.245 e. The van der Waals surface area contributed by atoms with Crippen LogP contribution in [0.5, 0.6) is 0 Å². The van der Waals surface area contributed by atoms with E-state index in [-0.39, 0.29) is 17.9 Å². The van der Waals surface area contributed by atoms with Gasteiger partial charge in [0.2, 0.25) is 11.8 Å². The molecule has 2 heterocycles. The van der Waals surface area contributed by atoms with Crippen molar-refractivity contribution in [3.8, 4) is 0 Å². The van der Waals surface area contributed by atoms with Crippen molar-refractivity contribution in [1.82, 2.24) is 20.2 Å².